The van der Waals surface area contributed by atoms with Crippen molar-refractivity contribution in [2.75, 3.05) is 0 Å². The molecule has 0 bridgehead atoms. The number of aryl methyl sites for hydroxylation is 1. The van der Waals surface area contributed by atoms with E-state index < -0.39 is 11.1 Å². The fraction of sp³-hybridized carbons (Fsp3) is 0.265. The predicted octanol–water partition coefficient (Wildman–Crippen LogP) is 11.8. The summed E-state index contributed by atoms with van der Waals surface area (Å²) in [5.41, 5.74) is 13.2. The number of nitrogens with zero attached hydrogens (tertiary/aromatic N) is 3. The molecule has 5 heteroatoms. The van der Waals surface area contributed by atoms with Crippen molar-refractivity contribution in [1.82, 2.24) is 9.55 Å². The number of aliphatic imine (C=N–C) groups is 1. The summed E-state index contributed by atoms with van der Waals surface area (Å²) < 4.78 is 9.50. The molecule has 0 radical (unpaired) electrons. The quantitative estimate of drug-likeness (QED) is 0.165. The molecule has 2 atom stereocenters. The van der Waals surface area contributed by atoms with E-state index in [9.17, 15) is 0 Å². The zero-order chi connectivity index (χ0) is 36.9. The summed E-state index contributed by atoms with van der Waals surface area (Å²) in [5, 5.41) is 2.34. The molecule has 0 saturated carbocycles. The van der Waals surface area contributed by atoms with Crippen molar-refractivity contribution in [2.24, 2.45) is 4.99 Å². The molecule has 1 aliphatic carbocycles. The first-order valence-electron chi connectivity index (χ1n) is 18.8. The zero-order valence-electron chi connectivity index (χ0n) is 32.2. The summed E-state index contributed by atoms with van der Waals surface area (Å²) in [6.45, 7) is 17.8. The van der Waals surface area contributed by atoms with Gasteiger partial charge in [0.2, 0.25) is 0 Å². The molecular formula is C49H45N3OPt. The van der Waals surface area contributed by atoms with Crippen LogP contribution < -0.4 is 0 Å². The van der Waals surface area contributed by atoms with E-state index in [4.69, 9.17) is 14.7 Å². The maximum atomic E-state index is 7.19. The van der Waals surface area contributed by atoms with Crippen LogP contribution >= 0.6 is 0 Å². The van der Waals surface area contributed by atoms with Gasteiger partial charge in [-0.25, -0.2) is 0 Å². The number of benzene rings is 5. The van der Waals surface area contributed by atoms with Crippen molar-refractivity contribution in [3.8, 4) is 28.1 Å². The fourth-order valence-corrected chi connectivity index (χ4v) is 8.41. The largest absolute Gasteiger partial charge is 2.00 e. The van der Waals surface area contributed by atoms with Crippen LogP contribution in [0.1, 0.15) is 87.8 Å². The molecule has 54 heavy (non-hydrogen) atoms. The van der Waals surface area contributed by atoms with Crippen LogP contribution in [0.15, 0.2) is 114 Å². The normalized spacial score (nSPS) is 19.1. The smallest absolute Gasteiger partial charge is 0.508 e. The first-order chi connectivity index (χ1) is 25.3. The monoisotopic (exact) mass is 886 g/mol. The van der Waals surface area contributed by atoms with E-state index in [0.29, 0.717) is 5.90 Å². The average Bonchev–Trinajstić information content (AvgIpc) is 3.58. The molecule has 5 aromatic carbocycles. The van der Waals surface area contributed by atoms with Crippen LogP contribution in [-0.2, 0) is 43.2 Å². The van der Waals surface area contributed by atoms with Crippen molar-refractivity contribution in [1.29, 1.82) is 0 Å². The van der Waals surface area contributed by atoms with Gasteiger partial charge in [-0.2, -0.15) is 0 Å². The minimum absolute atomic E-state index is 0. The molecule has 2 aromatic heterocycles. The van der Waals surface area contributed by atoms with Gasteiger partial charge in [0.1, 0.15) is 11.5 Å². The summed E-state index contributed by atoms with van der Waals surface area (Å²) in [5.74, 6) is 0.907. The van der Waals surface area contributed by atoms with Crippen LogP contribution in [0, 0.1) is 19.1 Å². The molecule has 0 spiro atoms. The average molecular weight is 887 g/mol. The number of fused-ring (bicyclic) bond motifs is 8. The van der Waals surface area contributed by atoms with Crippen molar-refractivity contribution in [3.05, 3.63) is 155 Å². The van der Waals surface area contributed by atoms with Crippen LogP contribution in [-0.4, -0.2) is 21.0 Å². The standard InChI is InChI=1S/C49H45N3O.Pt/c1-30(2)34-24-35(46-51-48(7)29-33-13-9-10-14-38(33)39-15-11-12-16-42(39)49(48,8)53-46)26-37(25-34)52-44-20-17-31(3)23-41(44)40-19-18-32(27-45(40)52)43-28-36(21-22-50-43)47(4,5)6;/h9-25,28,30H,29H2,1-8H3;/q-2;+2/t48-,49+;/m1./s1. The molecule has 0 amide bonds. The Morgan fingerprint density at radius 3 is 2.33 bits per heavy atom. The Labute approximate surface area is 333 Å². The number of rotatable bonds is 4. The van der Waals surface area contributed by atoms with E-state index in [1.165, 1.54) is 38.8 Å². The Bertz CT molecular complexity index is 2640. The van der Waals surface area contributed by atoms with Gasteiger partial charge in [-0.1, -0.05) is 118 Å². The molecule has 1 aliphatic heterocycles. The minimum atomic E-state index is -0.679. The number of ether oxygens (including phenoxy) is 1. The second-order valence-corrected chi connectivity index (χ2v) is 16.7. The zero-order valence-corrected chi connectivity index (χ0v) is 34.5. The van der Waals surface area contributed by atoms with E-state index in [1.54, 1.807) is 0 Å². The van der Waals surface area contributed by atoms with Gasteiger partial charge in [0.05, 0.1) is 5.54 Å². The Hall–Kier alpha value is -4.79. The molecule has 0 fully saturated rings. The number of hydrogen-bond donors (Lipinski definition) is 0. The number of pyridine rings is 1. The maximum Gasteiger partial charge on any atom is 2.00 e. The van der Waals surface area contributed by atoms with E-state index in [2.05, 4.69) is 175 Å². The van der Waals surface area contributed by atoms with Gasteiger partial charge in [-0.15, -0.1) is 47.5 Å². The summed E-state index contributed by atoms with van der Waals surface area (Å²) in [7, 11) is 0. The molecule has 7 aromatic rings. The second kappa shape index (κ2) is 12.9. The predicted molar refractivity (Wildman–Crippen MR) is 218 cm³/mol. The molecule has 0 saturated heterocycles. The Morgan fingerprint density at radius 2 is 1.56 bits per heavy atom. The fourth-order valence-electron chi connectivity index (χ4n) is 8.41. The van der Waals surface area contributed by atoms with Gasteiger partial charge >= 0.3 is 21.1 Å². The first-order valence-corrected chi connectivity index (χ1v) is 18.8. The molecule has 4 nitrogen and oxygen atoms in total. The van der Waals surface area contributed by atoms with Gasteiger partial charge < -0.3 is 14.3 Å². The maximum absolute atomic E-state index is 7.19. The van der Waals surface area contributed by atoms with Crippen molar-refractivity contribution in [2.45, 2.75) is 84.3 Å². The topological polar surface area (TPSA) is 39.4 Å². The van der Waals surface area contributed by atoms with Crippen molar-refractivity contribution in [3.63, 3.8) is 0 Å². The third kappa shape index (κ3) is 5.68. The summed E-state index contributed by atoms with van der Waals surface area (Å²) in [6.07, 6.45) is 2.68. The van der Waals surface area contributed by atoms with Gasteiger partial charge in [0, 0.05) is 23.7 Å². The summed E-state index contributed by atoms with van der Waals surface area (Å²) in [6, 6.07) is 45.0. The molecule has 9 rings (SSSR count). The minimum Gasteiger partial charge on any atom is -0.508 e. The molecular weight excluding hydrogens is 842 g/mol. The van der Waals surface area contributed by atoms with E-state index in [1.807, 2.05) is 6.20 Å². The van der Waals surface area contributed by atoms with E-state index >= 15 is 0 Å². The summed E-state index contributed by atoms with van der Waals surface area (Å²) >= 11 is 0. The third-order valence-corrected chi connectivity index (χ3v) is 11.7. The number of aromatic nitrogens is 2. The van der Waals surface area contributed by atoms with Gasteiger partial charge in [-0.05, 0) is 88.8 Å². The molecule has 3 heterocycles. The first kappa shape index (κ1) is 36.2. The van der Waals surface area contributed by atoms with Crippen LogP contribution in [0.4, 0.5) is 0 Å². The summed E-state index contributed by atoms with van der Waals surface area (Å²) in [4.78, 5) is 10.3. The molecule has 2 aliphatic rings. The van der Waals surface area contributed by atoms with Crippen LogP contribution in [0.3, 0.4) is 0 Å². The Morgan fingerprint density at radius 1 is 0.796 bits per heavy atom. The van der Waals surface area contributed by atoms with Gasteiger partial charge in [-0.3, -0.25) is 4.99 Å². The van der Waals surface area contributed by atoms with E-state index in [-0.39, 0.29) is 32.4 Å². The Balaban J connectivity index is 0.00000413. The molecule has 0 unspecified atom stereocenters. The Kier molecular flexibility index (Phi) is 8.66. The third-order valence-electron chi connectivity index (χ3n) is 11.7. The molecule has 272 valence electrons. The van der Waals surface area contributed by atoms with Crippen LogP contribution in [0.5, 0.6) is 0 Å². The molecule has 0 N–H and O–H groups in total. The number of hydrogen-bond acceptors (Lipinski definition) is 3. The SMILES string of the molecule is Cc1ccc2c(c1)c1ccc(-c3cc(C(C)(C)C)ccn3)[c-]c1n2-c1[c-]c(C2=N[C@]3(C)Cc4ccccc4-c4ccccc4[C@]3(C)O2)cc(C(C)C)c1.[Pt+2]. The van der Waals surface area contributed by atoms with E-state index in [0.717, 1.165) is 50.9 Å². The van der Waals surface area contributed by atoms with Crippen molar-refractivity contribution < 1.29 is 25.8 Å². The van der Waals surface area contributed by atoms with Crippen LogP contribution in [0.2, 0.25) is 0 Å². The van der Waals surface area contributed by atoms with Crippen LogP contribution in [0.25, 0.3) is 49.9 Å². The van der Waals surface area contributed by atoms with Gasteiger partial charge in [0.15, 0.2) is 0 Å². The van der Waals surface area contributed by atoms with Crippen molar-refractivity contribution >= 4 is 27.7 Å². The van der Waals surface area contributed by atoms with Gasteiger partial charge in [0.25, 0.3) is 0 Å². The second-order valence-electron chi connectivity index (χ2n) is 16.7.